The van der Waals surface area contributed by atoms with Gasteiger partial charge in [0.05, 0.1) is 11.4 Å². The maximum atomic E-state index is 3.28. The standard InChI is InChI=1S/C12H15NS2/c1-14-11-6-10-15-12(11)5-4-9-13-7-2-3-8-13/h6,10H,2-3,7-9H2,1H3. The van der Waals surface area contributed by atoms with Gasteiger partial charge in [-0.2, -0.15) is 0 Å². The van der Waals surface area contributed by atoms with Crippen molar-refractivity contribution >= 4 is 23.1 Å². The predicted molar refractivity (Wildman–Crippen MR) is 68.7 cm³/mol. The summed E-state index contributed by atoms with van der Waals surface area (Å²) in [6, 6.07) is 2.15. The summed E-state index contributed by atoms with van der Waals surface area (Å²) in [6.45, 7) is 3.40. The Hall–Kier alpha value is -0.430. The highest BCUT2D eigenvalue weighted by Gasteiger charge is 2.08. The van der Waals surface area contributed by atoms with Crippen LogP contribution in [0.4, 0.5) is 0 Å². The second-order valence-electron chi connectivity index (χ2n) is 3.60. The first kappa shape index (κ1) is 11.1. The van der Waals surface area contributed by atoms with Crippen molar-refractivity contribution in [2.75, 3.05) is 25.9 Å². The van der Waals surface area contributed by atoms with E-state index >= 15 is 0 Å². The van der Waals surface area contributed by atoms with Crippen molar-refractivity contribution in [2.24, 2.45) is 0 Å². The minimum absolute atomic E-state index is 0.936. The molecule has 3 heteroatoms. The van der Waals surface area contributed by atoms with E-state index < -0.39 is 0 Å². The predicted octanol–water partition coefficient (Wildman–Crippen LogP) is 2.92. The van der Waals surface area contributed by atoms with Gasteiger partial charge in [0, 0.05) is 4.90 Å². The number of rotatable bonds is 2. The van der Waals surface area contributed by atoms with Gasteiger partial charge in [-0.05, 0) is 43.6 Å². The molecule has 0 aliphatic carbocycles. The summed E-state index contributed by atoms with van der Waals surface area (Å²) in [6.07, 6.45) is 4.79. The molecule has 80 valence electrons. The van der Waals surface area contributed by atoms with Gasteiger partial charge in [0.1, 0.15) is 0 Å². The van der Waals surface area contributed by atoms with Crippen LogP contribution in [-0.2, 0) is 0 Å². The molecule has 2 heterocycles. The molecular weight excluding hydrogens is 222 g/mol. The van der Waals surface area contributed by atoms with Crippen LogP contribution in [0.5, 0.6) is 0 Å². The van der Waals surface area contributed by atoms with Crippen molar-refractivity contribution in [1.29, 1.82) is 0 Å². The van der Waals surface area contributed by atoms with E-state index in [9.17, 15) is 0 Å². The highest BCUT2D eigenvalue weighted by molar-refractivity contribution is 7.98. The van der Waals surface area contributed by atoms with Crippen LogP contribution >= 0.6 is 23.1 Å². The van der Waals surface area contributed by atoms with Crippen LogP contribution in [-0.4, -0.2) is 30.8 Å². The van der Waals surface area contributed by atoms with E-state index in [1.807, 2.05) is 0 Å². The first-order valence-electron chi connectivity index (χ1n) is 5.23. The number of nitrogens with zero attached hydrogens (tertiary/aromatic N) is 1. The normalized spacial score (nSPS) is 16.3. The van der Waals surface area contributed by atoms with Crippen LogP contribution in [0.25, 0.3) is 0 Å². The molecule has 0 amide bonds. The summed E-state index contributed by atoms with van der Waals surface area (Å²) in [5.74, 6) is 6.55. The Labute approximate surface area is 99.9 Å². The lowest BCUT2D eigenvalue weighted by Gasteiger charge is -2.08. The average molecular weight is 237 g/mol. The lowest BCUT2D eigenvalue weighted by atomic mass is 10.4. The summed E-state index contributed by atoms with van der Waals surface area (Å²) >= 11 is 3.52. The molecule has 1 aliphatic heterocycles. The second-order valence-corrected chi connectivity index (χ2v) is 5.37. The average Bonchev–Trinajstić information content (AvgIpc) is 2.88. The minimum atomic E-state index is 0.936. The van der Waals surface area contributed by atoms with Crippen molar-refractivity contribution in [2.45, 2.75) is 17.7 Å². The first-order chi connectivity index (χ1) is 7.40. The molecule has 0 unspecified atom stereocenters. The quantitative estimate of drug-likeness (QED) is 0.575. The lowest BCUT2D eigenvalue weighted by Crippen LogP contribution is -2.18. The maximum absolute atomic E-state index is 3.28. The van der Waals surface area contributed by atoms with E-state index in [4.69, 9.17) is 0 Å². The molecule has 0 aromatic carbocycles. The van der Waals surface area contributed by atoms with Crippen LogP contribution in [0.2, 0.25) is 0 Å². The Morgan fingerprint density at radius 1 is 1.47 bits per heavy atom. The molecule has 1 aromatic heterocycles. The zero-order valence-electron chi connectivity index (χ0n) is 8.95. The third kappa shape index (κ3) is 3.01. The van der Waals surface area contributed by atoms with Gasteiger partial charge in [-0.15, -0.1) is 23.1 Å². The fraction of sp³-hybridized carbons (Fsp3) is 0.500. The van der Waals surface area contributed by atoms with Crippen molar-refractivity contribution in [3.63, 3.8) is 0 Å². The second kappa shape index (κ2) is 5.60. The van der Waals surface area contributed by atoms with Gasteiger partial charge >= 0.3 is 0 Å². The third-order valence-corrected chi connectivity index (χ3v) is 4.29. The smallest absolute Gasteiger partial charge is 0.0904 e. The topological polar surface area (TPSA) is 3.24 Å². The molecule has 0 saturated carbocycles. The molecule has 1 aromatic rings. The molecule has 0 radical (unpaired) electrons. The van der Waals surface area contributed by atoms with E-state index in [0.29, 0.717) is 0 Å². The monoisotopic (exact) mass is 237 g/mol. The van der Waals surface area contributed by atoms with Gasteiger partial charge in [0.15, 0.2) is 0 Å². The number of likely N-dealkylation sites (tertiary alicyclic amines) is 1. The third-order valence-electron chi connectivity index (χ3n) is 2.55. The fourth-order valence-electron chi connectivity index (χ4n) is 1.72. The Bertz CT molecular complexity index is 366. The lowest BCUT2D eigenvalue weighted by molar-refractivity contribution is 0.383. The first-order valence-corrected chi connectivity index (χ1v) is 7.33. The summed E-state index contributed by atoms with van der Waals surface area (Å²) < 4.78 is 0. The van der Waals surface area contributed by atoms with Crippen LogP contribution in [0.1, 0.15) is 17.7 Å². The molecule has 0 bridgehead atoms. The van der Waals surface area contributed by atoms with Gasteiger partial charge in [-0.25, -0.2) is 0 Å². The molecule has 0 spiro atoms. The van der Waals surface area contributed by atoms with E-state index in [-0.39, 0.29) is 0 Å². The summed E-state index contributed by atoms with van der Waals surface area (Å²) in [4.78, 5) is 4.97. The number of thioether (sulfide) groups is 1. The van der Waals surface area contributed by atoms with Gasteiger partial charge in [0.25, 0.3) is 0 Å². The Morgan fingerprint density at radius 2 is 2.27 bits per heavy atom. The van der Waals surface area contributed by atoms with Crippen LogP contribution in [0.15, 0.2) is 16.3 Å². The van der Waals surface area contributed by atoms with Crippen molar-refractivity contribution in [1.82, 2.24) is 4.90 Å². The van der Waals surface area contributed by atoms with E-state index in [1.165, 1.54) is 35.7 Å². The largest absolute Gasteiger partial charge is 0.292 e. The number of hydrogen-bond donors (Lipinski definition) is 0. The maximum Gasteiger partial charge on any atom is 0.0904 e. The summed E-state index contributed by atoms with van der Waals surface area (Å²) in [5, 5.41) is 2.12. The highest BCUT2D eigenvalue weighted by Crippen LogP contribution is 2.24. The Kier molecular flexibility index (Phi) is 4.13. The van der Waals surface area contributed by atoms with Gasteiger partial charge < -0.3 is 0 Å². The zero-order chi connectivity index (χ0) is 10.5. The van der Waals surface area contributed by atoms with Crippen molar-refractivity contribution in [3.05, 3.63) is 16.3 Å². The zero-order valence-corrected chi connectivity index (χ0v) is 10.6. The molecule has 1 aliphatic rings. The van der Waals surface area contributed by atoms with Crippen LogP contribution < -0.4 is 0 Å². The van der Waals surface area contributed by atoms with Gasteiger partial charge in [-0.1, -0.05) is 11.8 Å². The van der Waals surface area contributed by atoms with Crippen molar-refractivity contribution in [3.8, 4) is 11.8 Å². The minimum Gasteiger partial charge on any atom is -0.292 e. The van der Waals surface area contributed by atoms with Crippen molar-refractivity contribution < 1.29 is 0 Å². The van der Waals surface area contributed by atoms with E-state index in [1.54, 1.807) is 23.1 Å². The molecule has 1 nitrogen and oxygen atoms in total. The highest BCUT2D eigenvalue weighted by atomic mass is 32.2. The molecule has 0 atom stereocenters. The fourth-order valence-corrected chi connectivity index (χ4v) is 3.30. The van der Waals surface area contributed by atoms with Gasteiger partial charge in [-0.3, -0.25) is 4.90 Å². The van der Waals surface area contributed by atoms with E-state index in [2.05, 4.69) is 34.4 Å². The van der Waals surface area contributed by atoms with E-state index in [0.717, 1.165) is 6.54 Å². The van der Waals surface area contributed by atoms with Gasteiger partial charge in [0.2, 0.25) is 0 Å². The SMILES string of the molecule is CSc1ccsc1C#CCN1CCCC1. The molecular formula is C12H15NS2. The van der Waals surface area contributed by atoms with Crippen LogP contribution in [0, 0.1) is 11.8 Å². The molecule has 1 fully saturated rings. The number of hydrogen-bond acceptors (Lipinski definition) is 3. The number of thiophene rings is 1. The summed E-state index contributed by atoms with van der Waals surface area (Å²) in [7, 11) is 0. The molecule has 1 saturated heterocycles. The summed E-state index contributed by atoms with van der Waals surface area (Å²) in [5.41, 5.74) is 0. The Balaban J connectivity index is 1.92. The van der Waals surface area contributed by atoms with Crippen LogP contribution in [0.3, 0.4) is 0 Å². The Morgan fingerprint density at radius 3 is 3.00 bits per heavy atom. The molecule has 15 heavy (non-hydrogen) atoms. The molecule has 2 rings (SSSR count). The molecule has 0 N–H and O–H groups in total.